The molecule has 2 N–H and O–H groups in total. The van der Waals surface area contributed by atoms with E-state index in [1.54, 1.807) is 0 Å². The number of unbranched alkanes of at least 4 members (excludes halogenated alkanes) is 1. The summed E-state index contributed by atoms with van der Waals surface area (Å²) in [7, 11) is 0. The second-order valence-electron chi connectivity index (χ2n) is 7.15. The van der Waals surface area contributed by atoms with Crippen LogP contribution in [0.4, 0.5) is 0 Å². The zero-order valence-corrected chi connectivity index (χ0v) is 13.3. The van der Waals surface area contributed by atoms with E-state index in [9.17, 15) is 4.79 Å². The van der Waals surface area contributed by atoms with Gasteiger partial charge >= 0.3 is 0 Å². The summed E-state index contributed by atoms with van der Waals surface area (Å²) in [6, 6.07) is 0. The van der Waals surface area contributed by atoms with Crippen molar-refractivity contribution in [3.8, 4) is 0 Å². The minimum atomic E-state index is 0.399. The van der Waals surface area contributed by atoms with Crippen molar-refractivity contribution in [1.29, 1.82) is 0 Å². The van der Waals surface area contributed by atoms with Crippen LogP contribution in [0.2, 0.25) is 0 Å². The van der Waals surface area contributed by atoms with E-state index in [4.69, 9.17) is 5.73 Å². The molecule has 2 unspecified atom stereocenters. The molecule has 0 aromatic carbocycles. The minimum absolute atomic E-state index is 0.399. The van der Waals surface area contributed by atoms with Crippen molar-refractivity contribution in [3.63, 3.8) is 0 Å². The van der Waals surface area contributed by atoms with Gasteiger partial charge in [-0.3, -0.25) is 4.79 Å². The maximum Gasteiger partial charge on any atom is 0.226 e. The fraction of sp³-hybridized carbons (Fsp3) is 0.941. The summed E-state index contributed by atoms with van der Waals surface area (Å²) in [6.07, 6.45) is 8.75. The average Bonchev–Trinajstić information content (AvgIpc) is 3.26. The number of nitrogens with two attached hydrogens (primary N) is 1. The van der Waals surface area contributed by atoms with E-state index >= 15 is 0 Å². The molecule has 21 heavy (non-hydrogen) atoms. The van der Waals surface area contributed by atoms with E-state index in [2.05, 4.69) is 9.80 Å². The average molecular weight is 293 g/mol. The topological polar surface area (TPSA) is 49.6 Å². The first kappa shape index (κ1) is 15.3. The maximum atomic E-state index is 12.7. The normalized spacial score (nSPS) is 33.4. The predicted octanol–water partition coefficient (Wildman–Crippen LogP) is 1.70. The van der Waals surface area contributed by atoms with Crippen LogP contribution in [0, 0.1) is 17.8 Å². The van der Waals surface area contributed by atoms with Gasteiger partial charge in [0.05, 0.1) is 0 Å². The number of carbonyl (C=O) groups excluding carboxylic acids is 1. The molecule has 3 fully saturated rings. The van der Waals surface area contributed by atoms with Crippen LogP contribution in [-0.2, 0) is 4.79 Å². The lowest BCUT2D eigenvalue weighted by Crippen LogP contribution is -2.37. The molecule has 120 valence electrons. The second kappa shape index (κ2) is 7.10. The Bertz CT molecular complexity index is 348. The Morgan fingerprint density at radius 1 is 0.952 bits per heavy atom. The summed E-state index contributed by atoms with van der Waals surface area (Å²) in [5.41, 5.74) is 5.56. The second-order valence-corrected chi connectivity index (χ2v) is 7.15. The van der Waals surface area contributed by atoms with Gasteiger partial charge in [0.1, 0.15) is 0 Å². The number of amides is 1. The van der Waals surface area contributed by atoms with Crippen LogP contribution < -0.4 is 5.73 Å². The Hall–Kier alpha value is -0.610. The number of nitrogens with zero attached hydrogens (tertiary/aromatic N) is 2. The molecular weight excluding hydrogens is 262 g/mol. The van der Waals surface area contributed by atoms with Crippen molar-refractivity contribution in [2.45, 2.75) is 44.9 Å². The molecule has 0 radical (unpaired) electrons. The molecule has 1 aliphatic heterocycles. The Morgan fingerprint density at radius 2 is 1.71 bits per heavy atom. The standard InChI is InChI=1S/C17H31N3O/c18-8-3-4-9-19-10-5-11-20(13-12-19)17(21)16-14-6-1-2-7-15(14)16/h14-16H,1-13,18H2. The third-order valence-corrected chi connectivity index (χ3v) is 5.77. The zero-order chi connectivity index (χ0) is 14.7. The Kier molecular flexibility index (Phi) is 5.17. The van der Waals surface area contributed by atoms with Crippen LogP contribution in [0.1, 0.15) is 44.9 Å². The van der Waals surface area contributed by atoms with E-state index in [1.807, 2.05) is 0 Å². The lowest BCUT2D eigenvalue weighted by atomic mass is 10.0. The third-order valence-electron chi connectivity index (χ3n) is 5.77. The quantitative estimate of drug-likeness (QED) is 0.785. The first-order valence-electron chi connectivity index (χ1n) is 9.02. The number of carbonyl (C=O) groups is 1. The van der Waals surface area contributed by atoms with Gasteiger partial charge in [0, 0.05) is 25.6 Å². The van der Waals surface area contributed by atoms with Crippen molar-refractivity contribution < 1.29 is 4.79 Å². The molecule has 0 aromatic heterocycles. The lowest BCUT2D eigenvalue weighted by Gasteiger charge is -2.22. The van der Waals surface area contributed by atoms with Gasteiger partial charge < -0.3 is 15.5 Å². The van der Waals surface area contributed by atoms with E-state index < -0.39 is 0 Å². The van der Waals surface area contributed by atoms with Crippen LogP contribution in [-0.4, -0.2) is 55.0 Å². The van der Waals surface area contributed by atoms with Gasteiger partial charge in [-0.05, 0) is 63.6 Å². The van der Waals surface area contributed by atoms with Gasteiger partial charge in [0.25, 0.3) is 0 Å². The van der Waals surface area contributed by atoms with E-state index in [-0.39, 0.29) is 0 Å². The molecule has 0 spiro atoms. The van der Waals surface area contributed by atoms with Gasteiger partial charge in [-0.25, -0.2) is 0 Å². The van der Waals surface area contributed by atoms with Crippen LogP contribution in [0.5, 0.6) is 0 Å². The fourth-order valence-corrected chi connectivity index (χ4v) is 4.46. The van der Waals surface area contributed by atoms with Gasteiger partial charge in [0.15, 0.2) is 0 Å². The van der Waals surface area contributed by atoms with Gasteiger partial charge in [0.2, 0.25) is 5.91 Å². The monoisotopic (exact) mass is 293 g/mol. The zero-order valence-electron chi connectivity index (χ0n) is 13.3. The number of hydrogen-bond donors (Lipinski definition) is 1. The molecule has 1 heterocycles. The molecule has 4 heteroatoms. The third kappa shape index (κ3) is 3.59. The highest BCUT2D eigenvalue weighted by Gasteiger charge is 2.55. The van der Waals surface area contributed by atoms with Crippen LogP contribution >= 0.6 is 0 Å². The number of fused-ring (bicyclic) bond motifs is 1. The molecule has 2 saturated carbocycles. The molecule has 2 atom stereocenters. The van der Waals surface area contributed by atoms with E-state index in [1.165, 1.54) is 32.1 Å². The molecular formula is C17H31N3O. The predicted molar refractivity (Wildman–Crippen MR) is 84.9 cm³/mol. The molecule has 0 bridgehead atoms. The highest BCUT2D eigenvalue weighted by Crippen LogP contribution is 2.56. The summed E-state index contributed by atoms with van der Waals surface area (Å²) in [4.78, 5) is 17.4. The summed E-state index contributed by atoms with van der Waals surface area (Å²) in [5, 5.41) is 0. The molecule has 1 amide bonds. The van der Waals surface area contributed by atoms with Crippen LogP contribution in [0.25, 0.3) is 0 Å². The first-order chi connectivity index (χ1) is 10.3. The Balaban J connectivity index is 1.45. The molecule has 2 aliphatic carbocycles. The minimum Gasteiger partial charge on any atom is -0.341 e. The summed E-state index contributed by atoms with van der Waals surface area (Å²) in [5.74, 6) is 2.37. The summed E-state index contributed by atoms with van der Waals surface area (Å²) >= 11 is 0. The highest BCUT2D eigenvalue weighted by atomic mass is 16.2. The summed E-state index contributed by atoms with van der Waals surface area (Å²) in [6.45, 7) is 6.06. The molecule has 4 nitrogen and oxygen atoms in total. The van der Waals surface area contributed by atoms with Gasteiger partial charge in [-0.1, -0.05) is 12.8 Å². The van der Waals surface area contributed by atoms with Gasteiger partial charge in [-0.15, -0.1) is 0 Å². The van der Waals surface area contributed by atoms with E-state index in [0.29, 0.717) is 11.8 Å². The SMILES string of the molecule is NCCCCN1CCCN(C(=O)C2C3CCCCC32)CC1. The first-order valence-corrected chi connectivity index (χ1v) is 9.02. The van der Waals surface area contributed by atoms with Crippen molar-refractivity contribution >= 4 is 5.91 Å². The number of rotatable bonds is 5. The molecule has 0 aromatic rings. The highest BCUT2D eigenvalue weighted by molar-refractivity contribution is 5.82. The summed E-state index contributed by atoms with van der Waals surface area (Å²) < 4.78 is 0. The fourth-order valence-electron chi connectivity index (χ4n) is 4.46. The van der Waals surface area contributed by atoms with Crippen molar-refractivity contribution in [3.05, 3.63) is 0 Å². The number of hydrogen-bond acceptors (Lipinski definition) is 3. The Labute approximate surface area is 129 Å². The van der Waals surface area contributed by atoms with Crippen LogP contribution in [0.3, 0.4) is 0 Å². The maximum absolute atomic E-state index is 12.7. The Morgan fingerprint density at radius 3 is 2.43 bits per heavy atom. The lowest BCUT2D eigenvalue weighted by molar-refractivity contribution is -0.133. The van der Waals surface area contributed by atoms with Crippen molar-refractivity contribution in [2.24, 2.45) is 23.5 Å². The van der Waals surface area contributed by atoms with Crippen LogP contribution in [0.15, 0.2) is 0 Å². The van der Waals surface area contributed by atoms with Crippen molar-refractivity contribution in [2.75, 3.05) is 39.3 Å². The van der Waals surface area contributed by atoms with Crippen molar-refractivity contribution in [1.82, 2.24) is 9.80 Å². The molecule has 1 saturated heterocycles. The smallest absolute Gasteiger partial charge is 0.226 e. The van der Waals surface area contributed by atoms with E-state index in [0.717, 1.165) is 63.9 Å². The molecule has 3 aliphatic rings. The van der Waals surface area contributed by atoms with Gasteiger partial charge in [-0.2, -0.15) is 0 Å². The molecule has 3 rings (SSSR count). The largest absolute Gasteiger partial charge is 0.341 e.